The Labute approximate surface area is 54.2 Å². The fourth-order valence-corrected chi connectivity index (χ4v) is 1.47. The van der Waals surface area contributed by atoms with E-state index >= 15 is 0 Å². The monoisotopic (exact) mass is 151 g/mol. The smallest absolute Gasteiger partial charge is 0.165 e. The van der Waals surface area contributed by atoms with Crippen molar-refractivity contribution in [3.63, 3.8) is 0 Å². The van der Waals surface area contributed by atoms with E-state index in [0.717, 1.165) is 15.3 Å². The van der Waals surface area contributed by atoms with Gasteiger partial charge in [0, 0.05) is 22.6 Å². The van der Waals surface area contributed by atoms with Gasteiger partial charge in [-0.15, -0.1) is 11.3 Å². The van der Waals surface area contributed by atoms with Crippen molar-refractivity contribution < 1.29 is 0 Å². The molecule has 0 amide bonds. The summed E-state index contributed by atoms with van der Waals surface area (Å²) in [5.74, 6) is 0. The molecule has 1 rings (SSSR count). The molecule has 0 N–H and O–H groups in total. The minimum absolute atomic E-state index is 0.904. The maximum atomic E-state index is 5.33. The van der Waals surface area contributed by atoms with Crippen molar-refractivity contribution in [2.75, 3.05) is 0 Å². The Morgan fingerprint density at radius 3 is 3.00 bits per heavy atom. The highest BCUT2D eigenvalue weighted by Crippen LogP contribution is 2.22. The average molecular weight is 152 g/mol. The van der Waals surface area contributed by atoms with Crippen molar-refractivity contribution in [1.29, 1.82) is 0 Å². The SMILES string of the molecule is ClSc1nccs1. The van der Waals surface area contributed by atoms with Gasteiger partial charge in [0.15, 0.2) is 4.34 Å². The highest BCUT2D eigenvalue weighted by Gasteiger charge is 1.87. The van der Waals surface area contributed by atoms with Crippen LogP contribution in [0.1, 0.15) is 0 Å². The maximum absolute atomic E-state index is 5.33. The third kappa shape index (κ3) is 1.33. The van der Waals surface area contributed by atoms with Crippen LogP contribution in [0.5, 0.6) is 0 Å². The molecule has 1 aromatic heterocycles. The van der Waals surface area contributed by atoms with E-state index < -0.39 is 0 Å². The van der Waals surface area contributed by atoms with Crippen LogP contribution in [0.4, 0.5) is 0 Å². The lowest BCUT2D eigenvalue weighted by molar-refractivity contribution is 1.26. The van der Waals surface area contributed by atoms with Gasteiger partial charge >= 0.3 is 0 Å². The molecule has 0 spiro atoms. The van der Waals surface area contributed by atoms with Crippen LogP contribution in [0.3, 0.4) is 0 Å². The third-order valence-corrected chi connectivity index (χ3v) is 2.53. The van der Waals surface area contributed by atoms with Crippen LogP contribution in [-0.4, -0.2) is 4.98 Å². The minimum Gasteiger partial charge on any atom is -0.237 e. The molecule has 0 aromatic carbocycles. The van der Waals surface area contributed by atoms with Crippen molar-refractivity contribution in [2.45, 2.75) is 4.34 Å². The van der Waals surface area contributed by atoms with Crippen LogP contribution in [0.25, 0.3) is 0 Å². The van der Waals surface area contributed by atoms with E-state index in [1.807, 2.05) is 5.38 Å². The quantitative estimate of drug-likeness (QED) is 0.612. The van der Waals surface area contributed by atoms with E-state index in [2.05, 4.69) is 4.98 Å². The highest BCUT2D eigenvalue weighted by atomic mass is 35.7. The van der Waals surface area contributed by atoms with Gasteiger partial charge in [0.05, 0.1) is 0 Å². The van der Waals surface area contributed by atoms with Crippen LogP contribution in [0.15, 0.2) is 15.9 Å². The molecule has 0 fully saturated rings. The average Bonchev–Trinajstić information content (AvgIpc) is 2.14. The van der Waals surface area contributed by atoms with Gasteiger partial charge in [-0.05, 0) is 10.7 Å². The molecular formula is C3H2ClNS2. The molecule has 1 nitrogen and oxygen atoms in total. The van der Waals surface area contributed by atoms with Gasteiger partial charge in [0.25, 0.3) is 0 Å². The lowest BCUT2D eigenvalue weighted by Gasteiger charge is -1.73. The molecule has 38 valence electrons. The molecule has 0 unspecified atom stereocenters. The van der Waals surface area contributed by atoms with Gasteiger partial charge in [-0.2, -0.15) is 0 Å². The predicted molar refractivity (Wildman–Crippen MR) is 33.8 cm³/mol. The minimum atomic E-state index is 0.904. The van der Waals surface area contributed by atoms with Crippen molar-refractivity contribution in [3.05, 3.63) is 11.6 Å². The summed E-state index contributed by atoms with van der Waals surface area (Å²) in [7, 11) is 6.49. The summed E-state index contributed by atoms with van der Waals surface area (Å²) in [6.45, 7) is 0. The molecule has 0 atom stereocenters. The van der Waals surface area contributed by atoms with Gasteiger partial charge in [-0.1, -0.05) is 0 Å². The number of hydrogen-bond acceptors (Lipinski definition) is 3. The zero-order chi connectivity index (χ0) is 5.11. The summed E-state index contributed by atoms with van der Waals surface area (Å²) >= 11 is 1.54. The van der Waals surface area contributed by atoms with E-state index in [0.29, 0.717) is 0 Å². The fourth-order valence-electron chi connectivity index (χ4n) is 0.248. The number of thiazole rings is 1. The largest absolute Gasteiger partial charge is 0.237 e. The lowest BCUT2D eigenvalue weighted by Crippen LogP contribution is -1.53. The van der Waals surface area contributed by atoms with Gasteiger partial charge in [-0.3, -0.25) is 0 Å². The number of halogens is 1. The van der Waals surface area contributed by atoms with E-state index in [9.17, 15) is 0 Å². The summed E-state index contributed by atoms with van der Waals surface area (Å²) in [5, 5.41) is 1.89. The van der Waals surface area contributed by atoms with Crippen LogP contribution in [0, 0.1) is 0 Å². The Morgan fingerprint density at radius 1 is 1.86 bits per heavy atom. The maximum Gasteiger partial charge on any atom is 0.165 e. The Bertz CT molecular complexity index is 127. The first-order valence-electron chi connectivity index (χ1n) is 1.61. The van der Waals surface area contributed by atoms with Gasteiger partial charge in [-0.25, -0.2) is 4.98 Å². The van der Waals surface area contributed by atoms with Crippen molar-refractivity contribution in [2.24, 2.45) is 0 Å². The molecule has 0 aliphatic heterocycles. The molecular weight excluding hydrogens is 150 g/mol. The fraction of sp³-hybridized carbons (Fsp3) is 0. The second-order valence-electron chi connectivity index (χ2n) is 0.875. The van der Waals surface area contributed by atoms with Crippen molar-refractivity contribution >= 4 is 33.0 Å². The molecule has 1 heterocycles. The standard InChI is InChI=1S/C3H2ClNS2/c4-7-3-5-1-2-6-3/h1-2H. The van der Waals surface area contributed by atoms with Crippen LogP contribution in [0.2, 0.25) is 0 Å². The molecule has 1 aromatic rings. The Hall–Kier alpha value is 0.270. The summed E-state index contributed by atoms with van der Waals surface area (Å²) in [6, 6.07) is 0. The Kier molecular flexibility index (Phi) is 1.97. The number of aromatic nitrogens is 1. The van der Waals surface area contributed by atoms with E-state index in [4.69, 9.17) is 10.7 Å². The van der Waals surface area contributed by atoms with Gasteiger partial charge in [0.2, 0.25) is 0 Å². The Morgan fingerprint density at radius 2 is 2.71 bits per heavy atom. The first-order chi connectivity index (χ1) is 3.43. The molecule has 7 heavy (non-hydrogen) atoms. The predicted octanol–water partition coefficient (Wildman–Crippen LogP) is 2.39. The molecule has 0 aliphatic carbocycles. The Balaban J connectivity index is 2.76. The number of hydrogen-bond donors (Lipinski definition) is 0. The molecule has 0 saturated carbocycles. The summed E-state index contributed by atoms with van der Waals surface area (Å²) in [5.41, 5.74) is 0. The topological polar surface area (TPSA) is 12.9 Å². The molecule has 0 aliphatic rings. The molecule has 0 bridgehead atoms. The van der Waals surface area contributed by atoms with Gasteiger partial charge in [0.1, 0.15) is 0 Å². The summed E-state index contributed by atoms with van der Waals surface area (Å²) < 4.78 is 0.904. The third-order valence-electron chi connectivity index (χ3n) is 0.476. The van der Waals surface area contributed by atoms with Crippen molar-refractivity contribution in [1.82, 2.24) is 4.98 Å². The zero-order valence-electron chi connectivity index (χ0n) is 3.30. The first-order valence-corrected chi connectivity index (χ1v) is 4.14. The zero-order valence-corrected chi connectivity index (χ0v) is 5.69. The molecule has 0 radical (unpaired) electrons. The van der Waals surface area contributed by atoms with Gasteiger partial charge < -0.3 is 0 Å². The van der Waals surface area contributed by atoms with E-state index in [1.165, 1.54) is 0 Å². The molecule has 0 saturated heterocycles. The lowest BCUT2D eigenvalue weighted by atomic mass is 11.0. The molecule has 4 heteroatoms. The van der Waals surface area contributed by atoms with Crippen LogP contribution < -0.4 is 0 Å². The number of rotatable bonds is 1. The normalized spacial score (nSPS) is 9.29. The second kappa shape index (κ2) is 2.55. The first kappa shape index (κ1) is 5.41. The number of nitrogens with zero attached hydrogens (tertiary/aromatic N) is 1. The second-order valence-corrected chi connectivity index (χ2v) is 3.03. The van der Waals surface area contributed by atoms with Crippen LogP contribution >= 0.6 is 33.0 Å². The highest BCUT2D eigenvalue weighted by molar-refractivity contribution is 8.22. The summed E-state index contributed by atoms with van der Waals surface area (Å²) in [4.78, 5) is 3.88. The van der Waals surface area contributed by atoms with E-state index in [1.54, 1.807) is 17.5 Å². The van der Waals surface area contributed by atoms with Crippen LogP contribution in [-0.2, 0) is 0 Å². The van der Waals surface area contributed by atoms with E-state index in [-0.39, 0.29) is 0 Å². The van der Waals surface area contributed by atoms with Crippen molar-refractivity contribution in [3.8, 4) is 0 Å². The summed E-state index contributed by atoms with van der Waals surface area (Å²) in [6.07, 6.45) is 1.73.